The van der Waals surface area contributed by atoms with E-state index in [2.05, 4.69) is 17.1 Å². The third kappa shape index (κ3) is 6.02. The first kappa shape index (κ1) is 17.8. The van der Waals surface area contributed by atoms with E-state index in [0.717, 1.165) is 44.3 Å². The van der Waals surface area contributed by atoms with Crippen molar-refractivity contribution in [3.8, 4) is 0 Å². The van der Waals surface area contributed by atoms with Gasteiger partial charge in [-0.2, -0.15) is 11.8 Å². The molecule has 0 bridgehead atoms. The predicted octanol–water partition coefficient (Wildman–Crippen LogP) is 2.61. The Morgan fingerprint density at radius 3 is 2.70 bits per heavy atom. The van der Waals surface area contributed by atoms with Crippen LogP contribution in [0.2, 0.25) is 0 Å². The number of ether oxygens (including phenoxy) is 2. The molecule has 4 nitrogen and oxygen atoms in total. The van der Waals surface area contributed by atoms with Gasteiger partial charge in [0.1, 0.15) is 5.54 Å². The van der Waals surface area contributed by atoms with E-state index in [0.29, 0.717) is 0 Å². The van der Waals surface area contributed by atoms with Crippen molar-refractivity contribution in [2.45, 2.75) is 56.7 Å². The van der Waals surface area contributed by atoms with Crippen LogP contribution in [0, 0.1) is 0 Å². The van der Waals surface area contributed by atoms with Gasteiger partial charge in [0.2, 0.25) is 0 Å². The minimum atomic E-state index is -0.535. The maximum atomic E-state index is 11.8. The van der Waals surface area contributed by atoms with Crippen LogP contribution in [-0.4, -0.2) is 49.4 Å². The Bertz CT molecular complexity index is 282. The van der Waals surface area contributed by atoms with E-state index in [1.807, 2.05) is 13.8 Å². The standard InChI is InChI=1S/C15H29NO3S/c1-4-16-15(2,14(17)18-3)9-5-6-12-20-13-7-10-19-11-8-13/h13,16H,4-12H2,1-3H3. The van der Waals surface area contributed by atoms with Gasteiger partial charge >= 0.3 is 5.97 Å². The summed E-state index contributed by atoms with van der Waals surface area (Å²) in [6.07, 6.45) is 5.40. The highest BCUT2D eigenvalue weighted by molar-refractivity contribution is 7.99. The van der Waals surface area contributed by atoms with Crippen LogP contribution < -0.4 is 5.32 Å². The van der Waals surface area contributed by atoms with Gasteiger partial charge in [-0.15, -0.1) is 0 Å². The lowest BCUT2D eigenvalue weighted by Gasteiger charge is -2.27. The molecule has 0 spiro atoms. The van der Waals surface area contributed by atoms with Crippen molar-refractivity contribution in [2.24, 2.45) is 0 Å². The van der Waals surface area contributed by atoms with Gasteiger partial charge in [-0.3, -0.25) is 4.79 Å². The molecule has 1 aliphatic rings. The van der Waals surface area contributed by atoms with E-state index >= 15 is 0 Å². The number of hydrogen-bond donors (Lipinski definition) is 1. The molecule has 118 valence electrons. The SMILES string of the molecule is CCNC(C)(CCCCSC1CCOCC1)C(=O)OC. The number of carbonyl (C=O) groups is 1. The number of esters is 1. The summed E-state index contributed by atoms with van der Waals surface area (Å²) in [5.41, 5.74) is -0.535. The number of carbonyl (C=O) groups excluding carboxylic acids is 1. The van der Waals surface area contributed by atoms with Crippen LogP contribution in [-0.2, 0) is 14.3 Å². The second-order valence-corrected chi connectivity index (χ2v) is 6.90. The number of unbranched alkanes of at least 4 members (excludes halogenated alkanes) is 1. The number of rotatable bonds is 9. The molecule has 1 heterocycles. The molecule has 1 aliphatic heterocycles. The van der Waals surface area contributed by atoms with E-state index in [1.165, 1.54) is 25.7 Å². The summed E-state index contributed by atoms with van der Waals surface area (Å²) < 4.78 is 10.3. The lowest BCUT2D eigenvalue weighted by molar-refractivity contribution is -0.148. The summed E-state index contributed by atoms with van der Waals surface area (Å²) >= 11 is 2.06. The lowest BCUT2D eigenvalue weighted by Crippen LogP contribution is -2.50. The topological polar surface area (TPSA) is 47.6 Å². The zero-order valence-corrected chi connectivity index (χ0v) is 13.9. The highest BCUT2D eigenvalue weighted by atomic mass is 32.2. The monoisotopic (exact) mass is 303 g/mol. The Morgan fingerprint density at radius 1 is 1.40 bits per heavy atom. The average molecular weight is 303 g/mol. The number of likely N-dealkylation sites (N-methyl/N-ethyl adjacent to an activating group) is 1. The van der Waals surface area contributed by atoms with Crippen molar-refractivity contribution < 1.29 is 14.3 Å². The molecule has 1 saturated heterocycles. The van der Waals surface area contributed by atoms with Crippen LogP contribution in [0.25, 0.3) is 0 Å². The third-order valence-corrected chi connectivity index (χ3v) is 5.26. The average Bonchev–Trinajstić information content (AvgIpc) is 2.47. The fourth-order valence-electron chi connectivity index (χ4n) is 2.55. The van der Waals surface area contributed by atoms with E-state index in [-0.39, 0.29) is 5.97 Å². The summed E-state index contributed by atoms with van der Waals surface area (Å²) in [5.74, 6) is 1.02. The Morgan fingerprint density at radius 2 is 2.10 bits per heavy atom. The fraction of sp³-hybridized carbons (Fsp3) is 0.933. The quantitative estimate of drug-likeness (QED) is 0.524. The van der Waals surface area contributed by atoms with Crippen LogP contribution in [0.15, 0.2) is 0 Å². The highest BCUT2D eigenvalue weighted by Crippen LogP contribution is 2.24. The van der Waals surface area contributed by atoms with Crippen molar-refractivity contribution in [3.63, 3.8) is 0 Å². The molecular formula is C15H29NO3S. The first-order valence-corrected chi connectivity index (χ1v) is 8.70. The maximum absolute atomic E-state index is 11.8. The van der Waals surface area contributed by atoms with Crippen LogP contribution >= 0.6 is 11.8 Å². The van der Waals surface area contributed by atoms with Crippen molar-refractivity contribution in [1.29, 1.82) is 0 Å². The van der Waals surface area contributed by atoms with Crippen LogP contribution in [0.1, 0.15) is 46.0 Å². The summed E-state index contributed by atoms with van der Waals surface area (Å²) in [6, 6.07) is 0. The summed E-state index contributed by atoms with van der Waals surface area (Å²) in [5, 5.41) is 4.02. The Balaban J connectivity index is 2.18. The number of hydrogen-bond acceptors (Lipinski definition) is 5. The van der Waals surface area contributed by atoms with Gasteiger partial charge in [-0.1, -0.05) is 13.3 Å². The van der Waals surface area contributed by atoms with Crippen molar-refractivity contribution in [3.05, 3.63) is 0 Å². The van der Waals surface area contributed by atoms with Gasteiger partial charge in [-0.05, 0) is 44.9 Å². The number of methoxy groups -OCH3 is 1. The first-order chi connectivity index (χ1) is 9.62. The molecule has 5 heteroatoms. The minimum Gasteiger partial charge on any atom is -0.468 e. The van der Waals surface area contributed by atoms with Crippen molar-refractivity contribution in [1.82, 2.24) is 5.32 Å². The number of thioether (sulfide) groups is 1. The molecule has 0 amide bonds. The second-order valence-electron chi connectivity index (χ2n) is 5.49. The van der Waals surface area contributed by atoms with Gasteiger partial charge < -0.3 is 14.8 Å². The van der Waals surface area contributed by atoms with Crippen LogP contribution in [0.3, 0.4) is 0 Å². The molecule has 1 atom stereocenters. The molecule has 1 rings (SSSR count). The minimum absolute atomic E-state index is 0.156. The van der Waals surface area contributed by atoms with Crippen LogP contribution in [0.5, 0.6) is 0 Å². The van der Waals surface area contributed by atoms with Crippen molar-refractivity contribution in [2.75, 3.05) is 32.6 Å². The second kappa shape index (κ2) is 9.64. The molecule has 20 heavy (non-hydrogen) atoms. The normalized spacial score (nSPS) is 19.6. The molecule has 0 aromatic heterocycles. The molecular weight excluding hydrogens is 274 g/mol. The molecule has 0 aromatic rings. The zero-order chi connectivity index (χ0) is 14.8. The van der Waals surface area contributed by atoms with Gasteiger partial charge in [0.25, 0.3) is 0 Å². The summed E-state index contributed by atoms with van der Waals surface area (Å²) in [4.78, 5) is 11.8. The molecule has 0 radical (unpaired) electrons. The highest BCUT2D eigenvalue weighted by Gasteiger charge is 2.32. The van der Waals surface area contributed by atoms with Gasteiger partial charge in [0.15, 0.2) is 0 Å². The Hall–Kier alpha value is -0.260. The largest absolute Gasteiger partial charge is 0.468 e. The smallest absolute Gasteiger partial charge is 0.325 e. The molecule has 1 unspecified atom stereocenters. The molecule has 0 aliphatic carbocycles. The third-order valence-electron chi connectivity index (χ3n) is 3.80. The zero-order valence-electron chi connectivity index (χ0n) is 13.1. The van der Waals surface area contributed by atoms with Crippen LogP contribution in [0.4, 0.5) is 0 Å². The maximum Gasteiger partial charge on any atom is 0.325 e. The van der Waals surface area contributed by atoms with E-state index < -0.39 is 5.54 Å². The summed E-state index contributed by atoms with van der Waals surface area (Å²) in [7, 11) is 1.46. The van der Waals surface area contributed by atoms with E-state index in [4.69, 9.17) is 9.47 Å². The van der Waals surface area contributed by atoms with Gasteiger partial charge in [0, 0.05) is 18.5 Å². The number of nitrogens with one attached hydrogen (secondary N) is 1. The predicted molar refractivity (Wildman–Crippen MR) is 84.2 cm³/mol. The summed E-state index contributed by atoms with van der Waals surface area (Å²) in [6.45, 7) is 6.57. The molecule has 1 fully saturated rings. The molecule has 0 aromatic carbocycles. The Kier molecular flexibility index (Phi) is 8.57. The fourth-order valence-corrected chi connectivity index (χ4v) is 3.78. The van der Waals surface area contributed by atoms with E-state index in [9.17, 15) is 4.79 Å². The van der Waals surface area contributed by atoms with Gasteiger partial charge in [-0.25, -0.2) is 0 Å². The lowest BCUT2D eigenvalue weighted by atomic mass is 9.95. The first-order valence-electron chi connectivity index (χ1n) is 7.65. The molecule has 0 saturated carbocycles. The van der Waals surface area contributed by atoms with E-state index in [1.54, 1.807) is 0 Å². The Labute approximate surface area is 127 Å². The van der Waals surface area contributed by atoms with Crippen molar-refractivity contribution >= 4 is 17.7 Å². The van der Waals surface area contributed by atoms with Gasteiger partial charge in [0.05, 0.1) is 7.11 Å². The molecule has 1 N–H and O–H groups in total.